The predicted molar refractivity (Wildman–Crippen MR) is 208 cm³/mol. The molecule has 8 aromatic rings. The van der Waals surface area contributed by atoms with E-state index in [2.05, 4.69) is 170 Å². The Morgan fingerprint density at radius 3 is 1.72 bits per heavy atom. The third-order valence-electron chi connectivity index (χ3n) is 9.48. The maximum atomic E-state index is 5.45. The Morgan fingerprint density at radius 1 is 0.420 bits per heavy atom. The maximum absolute atomic E-state index is 5.45. The molecule has 0 bridgehead atoms. The summed E-state index contributed by atoms with van der Waals surface area (Å²) < 4.78 is 0. The lowest BCUT2D eigenvalue weighted by molar-refractivity contribution is 1.03. The van der Waals surface area contributed by atoms with E-state index in [1.54, 1.807) is 0 Å². The van der Waals surface area contributed by atoms with Gasteiger partial charge in [-0.05, 0) is 64.6 Å². The number of aromatic nitrogens is 3. The van der Waals surface area contributed by atoms with Gasteiger partial charge >= 0.3 is 0 Å². The summed E-state index contributed by atoms with van der Waals surface area (Å²) in [4.78, 5) is 15.7. The fourth-order valence-corrected chi connectivity index (χ4v) is 7.02. The molecule has 1 aliphatic carbocycles. The van der Waals surface area contributed by atoms with E-state index in [1.807, 2.05) is 6.07 Å². The molecule has 0 saturated carbocycles. The zero-order valence-electron chi connectivity index (χ0n) is 27.5. The van der Waals surface area contributed by atoms with Crippen LogP contribution in [0.25, 0.3) is 83.3 Å². The van der Waals surface area contributed by atoms with Crippen LogP contribution in [0.3, 0.4) is 0 Å². The Bertz CT molecular complexity index is 2570. The van der Waals surface area contributed by atoms with Crippen molar-refractivity contribution in [2.75, 3.05) is 0 Å². The fraction of sp³-hybridized carbons (Fsp3) is 0.0426. The number of hydrogen-bond acceptors (Lipinski definition) is 3. The van der Waals surface area contributed by atoms with Gasteiger partial charge in [0.15, 0.2) is 5.82 Å². The van der Waals surface area contributed by atoms with Gasteiger partial charge in [-0.1, -0.05) is 152 Å². The molecule has 0 amide bonds. The summed E-state index contributed by atoms with van der Waals surface area (Å²) in [5.41, 5.74) is 12.5. The highest BCUT2D eigenvalue weighted by molar-refractivity contribution is 6.18. The second kappa shape index (κ2) is 12.9. The molecular weight excluding hydrogens is 607 g/mol. The molecule has 0 aliphatic heterocycles. The summed E-state index contributed by atoms with van der Waals surface area (Å²) in [7, 11) is 0. The molecule has 3 nitrogen and oxygen atoms in total. The van der Waals surface area contributed by atoms with E-state index in [0.717, 1.165) is 80.0 Å². The Kier molecular flexibility index (Phi) is 7.64. The Morgan fingerprint density at radius 2 is 1.02 bits per heavy atom. The van der Waals surface area contributed by atoms with Crippen molar-refractivity contribution >= 4 is 27.2 Å². The third kappa shape index (κ3) is 5.59. The summed E-state index contributed by atoms with van der Waals surface area (Å²) in [6.07, 6.45) is 8.64. The van der Waals surface area contributed by atoms with Gasteiger partial charge in [-0.25, -0.2) is 15.0 Å². The first-order chi connectivity index (χ1) is 24.8. The fourth-order valence-electron chi connectivity index (χ4n) is 7.02. The van der Waals surface area contributed by atoms with Crippen LogP contribution < -0.4 is 0 Å². The van der Waals surface area contributed by atoms with Crippen LogP contribution in [-0.4, -0.2) is 15.0 Å². The average molecular weight is 640 g/mol. The predicted octanol–water partition coefficient (Wildman–Crippen LogP) is 12.2. The Labute approximate surface area is 292 Å². The van der Waals surface area contributed by atoms with Crippen LogP contribution >= 0.6 is 0 Å². The zero-order chi connectivity index (χ0) is 33.3. The molecule has 9 rings (SSSR count). The summed E-state index contributed by atoms with van der Waals surface area (Å²) in [6, 6.07) is 55.6. The first-order valence-corrected chi connectivity index (χ1v) is 17.2. The number of pyridine rings is 1. The summed E-state index contributed by atoms with van der Waals surface area (Å²) >= 11 is 0. The van der Waals surface area contributed by atoms with Crippen LogP contribution in [0.4, 0.5) is 0 Å². The van der Waals surface area contributed by atoms with E-state index in [1.165, 1.54) is 21.9 Å². The molecule has 0 atom stereocenters. The van der Waals surface area contributed by atoms with Gasteiger partial charge < -0.3 is 0 Å². The number of nitrogens with zero attached hydrogens (tertiary/aromatic N) is 3. The highest BCUT2D eigenvalue weighted by atomic mass is 14.9. The van der Waals surface area contributed by atoms with Gasteiger partial charge in [0.25, 0.3) is 0 Å². The van der Waals surface area contributed by atoms with Crippen LogP contribution in [0, 0.1) is 0 Å². The largest absolute Gasteiger partial charge is 0.247 e. The minimum atomic E-state index is 0.750. The van der Waals surface area contributed by atoms with Gasteiger partial charge in [-0.3, -0.25) is 0 Å². The highest BCUT2D eigenvalue weighted by Gasteiger charge is 2.18. The molecule has 2 heterocycles. The lowest BCUT2D eigenvalue weighted by Crippen LogP contribution is -2.00. The van der Waals surface area contributed by atoms with Gasteiger partial charge in [0.2, 0.25) is 0 Å². The summed E-state index contributed by atoms with van der Waals surface area (Å²) in [6.45, 7) is 0. The number of rotatable bonds is 6. The van der Waals surface area contributed by atoms with Crippen LogP contribution in [-0.2, 0) is 0 Å². The van der Waals surface area contributed by atoms with E-state index < -0.39 is 0 Å². The van der Waals surface area contributed by atoms with Gasteiger partial charge in [-0.2, -0.15) is 0 Å². The number of allylic oxidation sites excluding steroid dienone is 4. The normalized spacial score (nSPS) is 12.7. The van der Waals surface area contributed by atoms with Crippen LogP contribution in [0.5, 0.6) is 0 Å². The molecule has 3 heteroatoms. The summed E-state index contributed by atoms with van der Waals surface area (Å²) in [5.74, 6) is 0.750. The van der Waals surface area contributed by atoms with Crippen molar-refractivity contribution in [3.05, 3.63) is 182 Å². The maximum Gasteiger partial charge on any atom is 0.160 e. The molecule has 6 aromatic carbocycles. The molecule has 236 valence electrons. The molecule has 0 radical (unpaired) electrons. The van der Waals surface area contributed by atoms with E-state index in [4.69, 9.17) is 15.0 Å². The highest BCUT2D eigenvalue weighted by Crippen LogP contribution is 2.42. The van der Waals surface area contributed by atoms with E-state index in [0.29, 0.717) is 0 Å². The van der Waals surface area contributed by atoms with Gasteiger partial charge in [-0.15, -0.1) is 0 Å². The number of fused-ring (bicyclic) bond motifs is 3. The van der Waals surface area contributed by atoms with Crippen molar-refractivity contribution in [3.63, 3.8) is 0 Å². The van der Waals surface area contributed by atoms with Crippen molar-refractivity contribution in [2.24, 2.45) is 0 Å². The SMILES string of the molecule is C1=CC(c2nc(-c3ccccc3)cc(-c3cccc(-c4cc5ccccc5c5c(-c6ccccc6)cc(-c6ccccc6)nc45)c3)n2)=CCC1. The van der Waals surface area contributed by atoms with Gasteiger partial charge in [0.05, 0.1) is 22.6 Å². The van der Waals surface area contributed by atoms with Crippen LogP contribution in [0.1, 0.15) is 18.7 Å². The third-order valence-corrected chi connectivity index (χ3v) is 9.48. The minimum Gasteiger partial charge on any atom is -0.247 e. The molecule has 1 aliphatic rings. The molecule has 0 N–H and O–H groups in total. The standard InChI is InChI=1S/C47H33N3/c1-5-16-32(17-6-1)40-30-42(33-18-7-2-8-19-33)48-46-41(29-37-24-13-14-27-39(37)45(40)46)36-25-15-26-38(28-36)44-31-43(34-20-9-3-10-21-34)49-47(50-44)35-22-11-4-12-23-35/h1-3,5-11,13-31H,4,12H2. The van der Waals surface area contributed by atoms with Crippen molar-refractivity contribution in [1.82, 2.24) is 15.0 Å². The van der Waals surface area contributed by atoms with Crippen molar-refractivity contribution in [3.8, 4) is 56.0 Å². The van der Waals surface area contributed by atoms with E-state index in [-0.39, 0.29) is 0 Å². The summed E-state index contributed by atoms with van der Waals surface area (Å²) in [5, 5.41) is 3.52. The first kappa shape index (κ1) is 29.7. The molecule has 50 heavy (non-hydrogen) atoms. The van der Waals surface area contributed by atoms with Crippen LogP contribution in [0.15, 0.2) is 176 Å². The van der Waals surface area contributed by atoms with Crippen LogP contribution in [0.2, 0.25) is 0 Å². The molecule has 0 saturated heterocycles. The van der Waals surface area contributed by atoms with E-state index in [9.17, 15) is 0 Å². The average Bonchev–Trinajstić information content (AvgIpc) is 3.21. The zero-order valence-corrected chi connectivity index (χ0v) is 27.5. The molecular formula is C47H33N3. The second-order valence-corrected chi connectivity index (χ2v) is 12.7. The van der Waals surface area contributed by atoms with E-state index >= 15 is 0 Å². The monoisotopic (exact) mass is 639 g/mol. The van der Waals surface area contributed by atoms with Crippen molar-refractivity contribution in [1.29, 1.82) is 0 Å². The Balaban J connectivity index is 1.29. The first-order valence-electron chi connectivity index (χ1n) is 17.2. The van der Waals surface area contributed by atoms with Crippen molar-refractivity contribution < 1.29 is 0 Å². The number of benzene rings is 6. The molecule has 0 fully saturated rings. The topological polar surface area (TPSA) is 38.7 Å². The molecule has 0 unspecified atom stereocenters. The minimum absolute atomic E-state index is 0.750. The van der Waals surface area contributed by atoms with Gasteiger partial charge in [0.1, 0.15) is 0 Å². The molecule has 2 aromatic heterocycles. The molecule has 0 spiro atoms. The number of hydrogen-bond donors (Lipinski definition) is 0. The second-order valence-electron chi connectivity index (χ2n) is 12.7. The smallest absolute Gasteiger partial charge is 0.160 e. The quantitative estimate of drug-likeness (QED) is 0.170. The van der Waals surface area contributed by atoms with Gasteiger partial charge in [0, 0.05) is 33.2 Å². The van der Waals surface area contributed by atoms with Crippen molar-refractivity contribution in [2.45, 2.75) is 12.8 Å². The lowest BCUT2D eigenvalue weighted by Gasteiger charge is -2.17. The lowest BCUT2D eigenvalue weighted by atomic mass is 9.90. The Hall–Kier alpha value is -6.45.